The second-order valence-electron chi connectivity index (χ2n) is 12.9. The van der Waals surface area contributed by atoms with Gasteiger partial charge in [-0.25, -0.2) is 9.97 Å². The topological polar surface area (TPSA) is 101 Å². The van der Waals surface area contributed by atoms with E-state index in [4.69, 9.17) is 14.5 Å². The Balaban J connectivity index is 1.64. The zero-order chi connectivity index (χ0) is 28.8. The molecule has 0 aliphatic rings. The van der Waals surface area contributed by atoms with Gasteiger partial charge in [-0.2, -0.15) is 5.10 Å². The number of aromatic nitrogens is 5. The fourth-order valence-electron chi connectivity index (χ4n) is 4.10. The molecule has 9 nitrogen and oxygen atoms in total. The van der Waals surface area contributed by atoms with E-state index >= 15 is 0 Å². The van der Waals surface area contributed by atoms with Crippen LogP contribution in [0.5, 0.6) is 0 Å². The number of amides is 1. The molecule has 0 aliphatic carbocycles. The highest BCUT2D eigenvalue weighted by Gasteiger charge is 2.39. The molecule has 0 saturated carbocycles. The summed E-state index contributed by atoms with van der Waals surface area (Å²) in [4.78, 5) is 28.2. The van der Waals surface area contributed by atoms with Crippen molar-refractivity contribution in [3.63, 3.8) is 0 Å². The first-order chi connectivity index (χ1) is 18.1. The normalized spacial score (nSPS) is 13.1. The second-order valence-corrected chi connectivity index (χ2v) is 17.7. The maximum atomic E-state index is 13.4. The molecule has 2 N–H and O–H groups in total. The number of rotatable bonds is 9. The molecular formula is C29H43N7O2Si. The quantitative estimate of drug-likeness (QED) is 0.272. The van der Waals surface area contributed by atoms with Crippen molar-refractivity contribution in [3.05, 3.63) is 41.7 Å². The van der Waals surface area contributed by atoms with E-state index in [0.717, 1.165) is 29.7 Å². The monoisotopic (exact) mass is 549 g/mol. The fraction of sp³-hybridized carbons (Fsp3) is 0.517. The Morgan fingerprint density at radius 2 is 1.90 bits per heavy atom. The molecule has 0 saturated heterocycles. The zero-order valence-electron chi connectivity index (χ0n) is 25.1. The molecular weight excluding hydrogens is 506 g/mol. The molecule has 4 aromatic rings. The predicted octanol–water partition coefficient (Wildman–Crippen LogP) is 5.37. The minimum absolute atomic E-state index is 0.0955. The van der Waals surface area contributed by atoms with E-state index < -0.39 is 13.9 Å². The maximum Gasteiger partial charge on any atom is 0.255 e. The molecule has 0 bridgehead atoms. The summed E-state index contributed by atoms with van der Waals surface area (Å²) < 4.78 is 8.43. The molecule has 0 spiro atoms. The van der Waals surface area contributed by atoms with Gasteiger partial charge >= 0.3 is 0 Å². The van der Waals surface area contributed by atoms with Gasteiger partial charge < -0.3 is 19.6 Å². The van der Waals surface area contributed by atoms with Crippen LogP contribution >= 0.6 is 0 Å². The van der Waals surface area contributed by atoms with Gasteiger partial charge in [-0.05, 0) is 64.6 Å². The zero-order valence-corrected chi connectivity index (χ0v) is 26.1. The number of aryl methyl sites for hydroxylation is 1. The highest BCUT2D eigenvalue weighted by Crippen LogP contribution is 2.37. The van der Waals surface area contributed by atoms with E-state index in [2.05, 4.69) is 93.3 Å². The van der Waals surface area contributed by atoms with Gasteiger partial charge in [0.2, 0.25) is 0 Å². The predicted molar refractivity (Wildman–Crippen MR) is 161 cm³/mol. The van der Waals surface area contributed by atoms with Crippen LogP contribution in [0.1, 0.15) is 50.5 Å². The van der Waals surface area contributed by atoms with Crippen LogP contribution in [0, 0.1) is 6.92 Å². The molecule has 1 amide bonds. The van der Waals surface area contributed by atoms with Crippen LogP contribution in [0.2, 0.25) is 18.1 Å². The van der Waals surface area contributed by atoms with Crippen LogP contribution in [-0.2, 0) is 11.0 Å². The lowest BCUT2D eigenvalue weighted by Crippen LogP contribution is -2.51. The number of hydrogen-bond acceptors (Lipinski definition) is 6. The van der Waals surface area contributed by atoms with Gasteiger partial charge in [0.05, 0.1) is 36.0 Å². The van der Waals surface area contributed by atoms with Crippen LogP contribution in [-0.4, -0.2) is 76.6 Å². The number of nitrogens with zero attached hydrogens (tertiary/aromatic N) is 5. The molecule has 0 aliphatic heterocycles. The lowest BCUT2D eigenvalue weighted by Gasteiger charge is -2.39. The molecule has 0 unspecified atom stereocenters. The molecule has 3 heterocycles. The second kappa shape index (κ2) is 10.5. The number of carbonyl (C=O) groups is 1. The van der Waals surface area contributed by atoms with Gasteiger partial charge in [-0.3, -0.25) is 9.48 Å². The molecule has 0 fully saturated rings. The third-order valence-electron chi connectivity index (χ3n) is 7.59. The summed E-state index contributed by atoms with van der Waals surface area (Å²) in [6.45, 7) is 19.2. The van der Waals surface area contributed by atoms with Crippen molar-refractivity contribution in [3.8, 4) is 11.4 Å². The Hall–Kier alpha value is -3.08. The number of aromatic amines is 1. The Labute approximate surface area is 232 Å². The number of fused-ring (bicyclic) bond motifs is 2. The SMILES string of the molecule is Cc1ccc2c(-c3cnc4[nH]cc(C(=O)NC(C)(C)CO[Si](C)(C)C(C)(C)C)c4n3)nn(CCN(C)C)c2c1. The van der Waals surface area contributed by atoms with Gasteiger partial charge in [-0.1, -0.05) is 32.9 Å². The lowest BCUT2D eigenvalue weighted by molar-refractivity contribution is 0.0876. The molecule has 1 aromatic carbocycles. The van der Waals surface area contributed by atoms with Crippen LogP contribution in [0.4, 0.5) is 0 Å². The highest BCUT2D eigenvalue weighted by molar-refractivity contribution is 6.74. The van der Waals surface area contributed by atoms with Crippen LogP contribution < -0.4 is 5.32 Å². The summed E-state index contributed by atoms with van der Waals surface area (Å²) in [6.07, 6.45) is 3.39. The Bertz CT molecular complexity index is 1490. The first kappa shape index (κ1) is 28.9. The Morgan fingerprint density at radius 1 is 1.18 bits per heavy atom. The number of H-pyrrole nitrogens is 1. The van der Waals surface area contributed by atoms with E-state index in [0.29, 0.717) is 29.0 Å². The van der Waals surface area contributed by atoms with E-state index in [9.17, 15) is 4.79 Å². The molecule has 10 heteroatoms. The van der Waals surface area contributed by atoms with E-state index in [1.165, 1.54) is 5.56 Å². The molecule has 4 rings (SSSR count). The van der Waals surface area contributed by atoms with Crippen molar-refractivity contribution in [1.29, 1.82) is 0 Å². The largest absolute Gasteiger partial charge is 0.414 e. The van der Waals surface area contributed by atoms with Crippen LogP contribution in [0.3, 0.4) is 0 Å². The average Bonchev–Trinajstić information content (AvgIpc) is 3.41. The number of nitrogens with one attached hydrogen (secondary N) is 2. The third-order valence-corrected chi connectivity index (χ3v) is 12.1. The van der Waals surface area contributed by atoms with Gasteiger partial charge in [0.15, 0.2) is 14.0 Å². The van der Waals surface area contributed by atoms with Crippen molar-refractivity contribution in [2.75, 3.05) is 27.2 Å². The van der Waals surface area contributed by atoms with Crippen LogP contribution in [0.15, 0.2) is 30.6 Å². The van der Waals surface area contributed by atoms with E-state index in [1.807, 2.05) is 18.5 Å². The van der Waals surface area contributed by atoms with Crippen molar-refractivity contribution >= 4 is 36.3 Å². The summed E-state index contributed by atoms with van der Waals surface area (Å²) >= 11 is 0. The van der Waals surface area contributed by atoms with Gasteiger partial charge in [0.25, 0.3) is 5.91 Å². The number of likely N-dealkylation sites (N-methyl/N-ethyl adjacent to an activating group) is 1. The fourth-order valence-corrected chi connectivity index (χ4v) is 5.26. The average molecular weight is 550 g/mol. The lowest BCUT2D eigenvalue weighted by atomic mass is 10.1. The standard InChI is InChI=1S/C29H43N7O2Si/c1-19-11-12-20-23(15-19)36(14-13-35(7)8)34-24(20)22-17-31-26-25(32-22)21(16-30-26)27(37)33-29(5,6)18-38-39(9,10)28(2,3)4/h11-12,15-17H,13-14,18H2,1-10H3,(H,30,31)(H,33,37). The van der Waals surface area contributed by atoms with E-state index in [-0.39, 0.29) is 10.9 Å². The number of benzene rings is 1. The van der Waals surface area contributed by atoms with Gasteiger partial charge in [0.1, 0.15) is 16.9 Å². The molecule has 210 valence electrons. The Kier molecular flexibility index (Phi) is 7.77. The first-order valence-electron chi connectivity index (χ1n) is 13.5. The summed E-state index contributed by atoms with van der Waals surface area (Å²) in [7, 11) is 2.16. The van der Waals surface area contributed by atoms with Crippen molar-refractivity contribution in [2.24, 2.45) is 0 Å². The van der Waals surface area contributed by atoms with Crippen LogP contribution in [0.25, 0.3) is 33.5 Å². The summed E-state index contributed by atoms with van der Waals surface area (Å²) in [5.41, 5.74) is 4.60. The molecule has 0 radical (unpaired) electrons. The third kappa shape index (κ3) is 6.23. The molecule has 39 heavy (non-hydrogen) atoms. The smallest absolute Gasteiger partial charge is 0.255 e. The number of carbonyl (C=O) groups excluding carboxylic acids is 1. The summed E-state index contributed by atoms with van der Waals surface area (Å²) in [5, 5.41) is 9.18. The Morgan fingerprint density at radius 3 is 2.56 bits per heavy atom. The van der Waals surface area contributed by atoms with E-state index in [1.54, 1.807) is 12.4 Å². The van der Waals surface area contributed by atoms with Crippen molar-refractivity contribution in [2.45, 2.75) is 71.8 Å². The number of hydrogen-bond donors (Lipinski definition) is 2. The van der Waals surface area contributed by atoms with Gasteiger partial charge in [0, 0.05) is 18.1 Å². The molecule has 3 aromatic heterocycles. The maximum absolute atomic E-state index is 13.4. The molecule has 0 atom stereocenters. The van der Waals surface area contributed by atoms with Crippen molar-refractivity contribution < 1.29 is 9.22 Å². The first-order valence-corrected chi connectivity index (χ1v) is 16.4. The highest BCUT2D eigenvalue weighted by atomic mass is 28.4. The minimum Gasteiger partial charge on any atom is -0.414 e. The summed E-state index contributed by atoms with van der Waals surface area (Å²) in [6, 6.07) is 6.32. The summed E-state index contributed by atoms with van der Waals surface area (Å²) in [5.74, 6) is -0.214. The van der Waals surface area contributed by atoms with Crippen molar-refractivity contribution in [1.82, 2.24) is 34.9 Å². The van der Waals surface area contributed by atoms with Gasteiger partial charge in [-0.15, -0.1) is 0 Å². The minimum atomic E-state index is -1.95.